The lowest BCUT2D eigenvalue weighted by molar-refractivity contribution is -0.123. The van der Waals surface area contributed by atoms with Crippen molar-refractivity contribution in [2.24, 2.45) is 0 Å². The minimum Gasteiger partial charge on any atom is -0.493 e. The van der Waals surface area contributed by atoms with Gasteiger partial charge in [0.1, 0.15) is 0 Å². The molecule has 1 rings (SSSR count). The van der Waals surface area contributed by atoms with E-state index in [1.807, 2.05) is 5.32 Å². The number of amides is 2. The molecule has 22 heavy (non-hydrogen) atoms. The Kier molecular flexibility index (Phi) is 6.68. The minimum atomic E-state index is -0.894. The summed E-state index contributed by atoms with van der Waals surface area (Å²) in [5, 5.41) is 1.91. The Bertz CT molecular complexity index is 556. The van der Waals surface area contributed by atoms with Crippen LogP contribution in [0.4, 0.5) is 4.79 Å². The minimum absolute atomic E-state index is 0.130. The zero-order chi connectivity index (χ0) is 16.5. The fraction of sp³-hybridized carbons (Fsp3) is 0.357. The van der Waals surface area contributed by atoms with Crippen molar-refractivity contribution in [1.29, 1.82) is 0 Å². The van der Waals surface area contributed by atoms with E-state index in [1.165, 1.54) is 32.4 Å². The van der Waals surface area contributed by atoms with Crippen LogP contribution in [0.2, 0.25) is 0 Å². The van der Waals surface area contributed by atoms with Crippen molar-refractivity contribution in [3.8, 4) is 11.5 Å². The summed E-state index contributed by atoms with van der Waals surface area (Å²) in [5.74, 6) is -0.709. The highest BCUT2D eigenvalue weighted by Crippen LogP contribution is 2.27. The molecule has 0 aliphatic heterocycles. The summed E-state index contributed by atoms with van der Waals surface area (Å²) < 4.78 is 19.4. The molecule has 0 radical (unpaired) electrons. The second-order valence-electron chi connectivity index (χ2n) is 3.91. The molecule has 0 aliphatic rings. The molecule has 0 heterocycles. The smallest absolute Gasteiger partial charge is 0.413 e. The fourth-order valence-electron chi connectivity index (χ4n) is 1.49. The molecule has 0 saturated carbocycles. The van der Waals surface area contributed by atoms with Crippen molar-refractivity contribution in [3.63, 3.8) is 0 Å². The maximum atomic E-state index is 11.8. The van der Waals surface area contributed by atoms with Gasteiger partial charge in [0.05, 0.1) is 26.4 Å². The quantitative estimate of drug-likeness (QED) is 0.786. The maximum Gasteiger partial charge on any atom is 0.413 e. The molecule has 1 aromatic carbocycles. The average Bonchev–Trinajstić information content (AvgIpc) is 2.52. The molecule has 120 valence electrons. The van der Waals surface area contributed by atoms with E-state index < -0.39 is 24.6 Å². The first-order chi connectivity index (χ1) is 10.5. The van der Waals surface area contributed by atoms with Crippen molar-refractivity contribution in [1.82, 2.24) is 5.32 Å². The Hall–Kier alpha value is -2.77. The predicted octanol–water partition coefficient (Wildman–Crippen LogP) is 1.13. The number of ether oxygens (including phenoxy) is 4. The molecule has 0 fully saturated rings. The average molecular weight is 311 g/mol. The van der Waals surface area contributed by atoms with Crippen LogP contribution in [0.1, 0.15) is 17.3 Å². The first-order valence-electron chi connectivity index (χ1n) is 6.37. The van der Waals surface area contributed by atoms with Crippen LogP contribution < -0.4 is 14.8 Å². The van der Waals surface area contributed by atoms with Gasteiger partial charge in [-0.3, -0.25) is 10.1 Å². The number of nitrogens with one attached hydrogen (secondary N) is 1. The van der Waals surface area contributed by atoms with E-state index in [0.29, 0.717) is 11.5 Å². The van der Waals surface area contributed by atoms with Crippen LogP contribution in [-0.2, 0) is 14.3 Å². The third-order valence-electron chi connectivity index (χ3n) is 2.47. The molecule has 0 unspecified atom stereocenters. The predicted molar refractivity (Wildman–Crippen MR) is 75.0 cm³/mol. The number of esters is 1. The zero-order valence-corrected chi connectivity index (χ0v) is 12.5. The summed E-state index contributed by atoms with van der Waals surface area (Å²) >= 11 is 0. The van der Waals surface area contributed by atoms with E-state index in [4.69, 9.17) is 14.2 Å². The van der Waals surface area contributed by atoms with E-state index in [0.717, 1.165) is 0 Å². The molecule has 8 nitrogen and oxygen atoms in total. The van der Waals surface area contributed by atoms with Crippen molar-refractivity contribution >= 4 is 18.0 Å². The second-order valence-corrected chi connectivity index (χ2v) is 3.91. The van der Waals surface area contributed by atoms with Crippen LogP contribution in [0.3, 0.4) is 0 Å². The van der Waals surface area contributed by atoms with Gasteiger partial charge in [0, 0.05) is 0 Å². The summed E-state index contributed by atoms with van der Waals surface area (Å²) in [7, 11) is 2.90. The highest BCUT2D eigenvalue weighted by atomic mass is 16.6. The van der Waals surface area contributed by atoms with Gasteiger partial charge >= 0.3 is 12.1 Å². The lowest BCUT2D eigenvalue weighted by atomic mass is 10.2. The summed E-state index contributed by atoms with van der Waals surface area (Å²) in [6.45, 7) is 1.12. The number of alkyl carbamates (subject to hydrolysis) is 1. The van der Waals surface area contributed by atoms with E-state index in [-0.39, 0.29) is 12.2 Å². The Labute approximate surface area is 127 Å². The molecule has 8 heteroatoms. The van der Waals surface area contributed by atoms with Gasteiger partial charge in [0.2, 0.25) is 0 Å². The molecule has 0 aliphatic carbocycles. The number of rotatable bonds is 6. The molecule has 1 aromatic rings. The lowest BCUT2D eigenvalue weighted by Crippen LogP contribution is -2.34. The van der Waals surface area contributed by atoms with Crippen molar-refractivity contribution in [3.05, 3.63) is 23.8 Å². The normalized spacial score (nSPS) is 9.59. The third-order valence-corrected chi connectivity index (χ3v) is 2.47. The summed E-state index contributed by atoms with van der Waals surface area (Å²) in [6.07, 6.45) is -0.894. The Morgan fingerprint density at radius 3 is 2.32 bits per heavy atom. The molecular weight excluding hydrogens is 294 g/mol. The van der Waals surface area contributed by atoms with Crippen molar-refractivity contribution in [2.45, 2.75) is 6.92 Å². The third kappa shape index (κ3) is 4.97. The maximum absolute atomic E-state index is 11.8. The van der Waals surface area contributed by atoms with Gasteiger partial charge < -0.3 is 18.9 Å². The molecule has 0 bridgehead atoms. The van der Waals surface area contributed by atoms with Gasteiger partial charge in [0.25, 0.3) is 5.91 Å². The largest absolute Gasteiger partial charge is 0.493 e. The van der Waals surface area contributed by atoms with Crippen LogP contribution in [0.5, 0.6) is 11.5 Å². The number of benzene rings is 1. The highest BCUT2D eigenvalue weighted by Gasteiger charge is 2.15. The SMILES string of the molecule is CCOC(=O)NC(=O)COC(=O)c1ccc(OC)c(OC)c1. The molecule has 2 amide bonds. The molecule has 0 atom stereocenters. The molecular formula is C14H17NO7. The van der Waals surface area contributed by atoms with Gasteiger partial charge in [-0.15, -0.1) is 0 Å². The van der Waals surface area contributed by atoms with E-state index in [1.54, 1.807) is 6.92 Å². The van der Waals surface area contributed by atoms with Crippen LogP contribution in [0.15, 0.2) is 18.2 Å². The van der Waals surface area contributed by atoms with Gasteiger partial charge in [-0.05, 0) is 25.1 Å². The van der Waals surface area contributed by atoms with Crippen LogP contribution >= 0.6 is 0 Å². The fourth-order valence-corrected chi connectivity index (χ4v) is 1.49. The first-order valence-corrected chi connectivity index (χ1v) is 6.37. The Morgan fingerprint density at radius 2 is 1.73 bits per heavy atom. The summed E-state index contributed by atoms with van der Waals surface area (Å²) in [4.78, 5) is 34.2. The number of imide groups is 1. The van der Waals surface area contributed by atoms with Crippen LogP contribution in [0.25, 0.3) is 0 Å². The number of carbonyl (C=O) groups is 3. The van der Waals surface area contributed by atoms with Crippen LogP contribution in [-0.4, -0.2) is 45.4 Å². The number of carbonyl (C=O) groups excluding carboxylic acids is 3. The zero-order valence-electron chi connectivity index (χ0n) is 12.5. The van der Waals surface area contributed by atoms with Crippen LogP contribution in [0, 0.1) is 0 Å². The summed E-state index contributed by atoms with van der Waals surface area (Å²) in [6, 6.07) is 4.42. The van der Waals surface area contributed by atoms with Gasteiger partial charge in [0.15, 0.2) is 18.1 Å². The van der Waals surface area contributed by atoms with Gasteiger partial charge in [-0.25, -0.2) is 9.59 Å². The molecule has 0 aromatic heterocycles. The van der Waals surface area contributed by atoms with Crippen molar-refractivity contribution in [2.75, 3.05) is 27.4 Å². The standard InChI is InChI=1S/C14H17NO7/c1-4-21-14(18)15-12(16)8-22-13(17)9-5-6-10(19-2)11(7-9)20-3/h5-7H,4,8H2,1-3H3,(H,15,16,18). The van der Waals surface area contributed by atoms with E-state index >= 15 is 0 Å². The van der Waals surface area contributed by atoms with Gasteiger partial charge in [-0.2, -0.15) is 0 Å². The number of hydrogen-bond acceptors (Lipinski definition) is 7. The van der Waals surface area contributed by atoms with E-state index in [9.17, 15) is 14.4 Å². The van der Waals surface area contributed by atoms with E-state index in [2.05, 4.69) is 4.74 Å². The Morgan fingerprint density at radius 1 is 1.05 bits per heavy atom. The monoisotopic (exact) mass is 311 g/mol. The summed E-state index contributed by atoms with van der Waals surface area (Å²) in [5.41, 5.74) is 0.182. The molecule has 1 N–H and O–H groups in total. The second kappa shape index (κ2) is 8.50. The molecule has 0 spiro atoms. The first kappa shape index (κ1) is 17.3. The topological polar surface area (TPSA) is 100 Å². The Balaban J connectivity index is 2.58. The highest BCUT2D eigenvalue weighted by molar-refractivity contribution is 5.95. The lowest BCUT2D eigenvalue weighted by Gasteiger charge is -2.09. The number of hydrogen-bond donors (Lipinski definition) is 1. The molecule has 0 saturated heterocycles. The van der Waals surface area contributed by atoms with Crippen molar-refractivity contribution < 1.29 is 33.3 Å². The van der Waals surface area contributed by atoms with Gasteiger partial charge in [-0.1, -0.05) is 0 Å². The number of methoxy groups -OCH3 is 2.